The number of nitrogens with one attached hydrogen (secondary N) is 1. The van der Waals surface area contributed by atoms with Crippen LogP contribution in [-0.2, 0) is 4.79 Å². The topological polar surface area (TPSA) is 75.4 Å². The number of hydrogen-bond acceptors (Lipinski definition) is 3. The highest BCUT2D eigenvalue weighted by atomic mass is 16.3. The Balaban J connectivity index is 4.07. The molecule has 0 saturated carbocycles. The Kier molecular flexibility index (Phi) is 8.21. The van der Waals surface area contributed by atoms with E-state index in [0.29, 0.717) is 12.3 Å². The van der Waals surface area contributed by atoms with Crippen LogP contribution in [0, 0.1) is 5.92 Å². The number of unbranched alkanes of at least 4 members (excludes halogenated alkanes) is 1. The summed E-state index contributed by atoms with van der Waals surface area (Å²) in [7, 11) is 0. The normalized spacial score (nSPS) is 14.9. The van der Waals surface area contributed by atoms with Gasteiger partial charge in [0.25, 0.3) is 0 Å². The first-order valence-corrected chi connectivity index (χ1v) is 6.19. The van der Waals surface area contributed by atoms with E-state index in [1.807, 2.05) is 13.8 Å². The molecule has 0 aliphatic heterocycles. The van der Waals surface area contributed by atoms with Crippen LogP contribution in [0.4, 0.5) is 0 Å². The zero-order valence-corrected chi connectivity index (χ0v) is 10.7. The largest absolute Gasteiger partial charge is 0.396 e. The zero-order valence-electron chi connectivity index (χ0n) is 10.7. The number of rotatable bonds is 8. The zero-order chi connectivity index (χ0) is 12.6. The van der Waals surface area contributed by atoms with Crippen LogP contribution in [0.1, 0.15) is 46.5 Å². The molecule has 1 amide bonds. The van der Waals surface area contributed by atoms with Crippen molar-refractivity contribution in [3.05, 3.63) is 0 Å². The van der Waals surface area contributed by atoms with Gasteiger partial charge in [0.1, 0.15) is 0 Å². The van der Waals surface area contributed by atoms with E-state index in [1.54, 1.807) is 0 Å². The molecule has 1 unspecified atom stereocenters. The molecular weight excluding hydrogens is 204 g/mol. The van der Waals surface area contributed by atoms with Gasteiger partial charge in [0.2, 0.25) is 5.91 Å². The molecule has 0 heterocycles. The molecule has 0 radical (unpaired) electrons. The number of carbonyl (C=O) groups excluding carboxylic acids is 1. The number of hydrogen-bond donors (Lipinski definition) is 3. The first-order chi connectivity index (χ1) is 7.52. The third kappa shape index (κ3) is 6.08. The Bertz CT molecular complexity index is 195. The summed E-state index contributed by atoms with van der Waals surface area (Å²) in [5, 5.41) is 11.8. The molecule has 0 aliphatic rings. The fourth-order valence-corrected chi connectivity index (χ4v) is 1.56. The molecule has 0 aromatic carbocycles. The molecule has 0 aliphatic carbocycles. The number of aliphatic hydroxyl groups is 1. The molecule has 0 aromatic heterocycles. The Hall–Kier alpha value is -0.610. The van der Waals surface area contributed by atoms with Crippen molar-refractivity contribution in [3.63, 3.8) is 0 Å². The molecule has 0 spiro atoms. The van der Waals surface area contributed by atoms with Gasteiger partial charge in [0.05, 0.1) is 6.04 Å². The summed E-state index contributed by atoms with van der Waals surface area (Å²) in [6, 6.07) is -0.398. The highest BCUT2D eigenvalue weighted by Gasteiger charge is 2.19. The minimum atomic E-state index is -0.417. The molecule has 4 heteroatoms. The molecular formula is C12H26N2O2. The van der Waals surface area contributed by atoms with E-state index in [2.05, 4.69) is 12.2 Å². The Labute approximate surface area is 98.6 Å². The summed E-state index contributed by atoms with van der Waals surface area (Å²) >= 11 is 0. The Morgan fingerprint density at radius 2 is 2.00 bits per heavy atom. The third-order valence-corrected chi connectivity index (χ3v) is 2.78. The summed E-state index contributed by atoms with van der Waals surface area (Å²) in [5.74, 6) is 0.218. The number of carbonyl (C=O) groups is 1. The fraction of sp³-hybridized carbons (Fsp3) is 0.917. The van der Waals surface area contributed by atoms with Crippen molar-refractivity contribution < 1.29 is 9.90 Å². The molecule has 96 valence electrons. The maximum atomic E-state index is 11.7. The second kappa shape index (κ2) is 8.53. The van der Waals surface area contributed by atoms with Crippen LogP contribution in [0.3, 0.4) is 0 Å². The van der Waals surface area contributed by atoms with Crippen LogP contribution in [0.25, 0.3) is 0 Å². The molecule has 2 atom stereocenters. The molecule has 4 nitrogen and oxygen atoms in total. The lowest BCUT2D eigenvalue weighted by atomic mass is 10.0. The summed E-state index contributed by atoms with van der Waals surface area (Å²) in [6.07, 6.45) is 3.34. The van der Waals surface area contributed by atoms with Crippen molar-refractivity contribution >= 4 is 5.91 Å². The van der Waals surface area contributed by atoms with E-state index in [1.165, 1.54) is 0 Å². The highest BCUT2D eigenvalue weighted by molar-refractivity contribution is 5.81. The van der Waals surface area contributed by atoms with Gasteiger partial charge >= 0.3 is 0 Å². The Morgan fingerprint density at radius 3 is 2.44 bits per heavy atom. The monoisotopic (exact) mass is 230 g/mol. The minimum Gasteiger partial charge on any atom is -0.396 e. The third-order valence-electron chi connectivity index (χ3n) is 2.78. The number of amides is 1. The summed E-state index contributed by atoms with van der Waals surface area (Å²) in [4.78, 5) is 11.7. The average Bonchev–Trinajstić information content (AvgIpc) is 2.24. The Morgan fingerprint density at radius 1 is 1.38 bits per heavy atom. The summed E-state index contributed by atoms with van der Waals surface area (Å²) in [6.45, 7) is 6.22. The molecule has 4 N–H and O–H groups in total. The van der Waals surface area contributed by atoms with Gasteiger partial charge in [-0.25, -0.2) is 0 Å². The van der Waals surface area contributed by atoms with Crippen molar-refractivity contribution in [1.29, 1.82) is 0 Å². The van der Waals surface area contributed by atoms with Gasteiger partial charge in [-0.05, 0) is 18.8 Å². The van der Waals surface area contributed by atoms with Gasteiger partial charge in [0.15, 0.2) is 0 Å². The molecule has 0 aromatic rings. The van der Waals surface area contributed by atoms with Crippen LogP contribution >= 0.6 is 0 Å². The van der Waals surface area contributed by atoms with Crippen LogP contribution < -0.4 is 11.1 Å². The van der Waals surface area contributed by atoms with Crippen molar-refractivity contribution in [2.75, 3.05) is 6.61 Å². The molecule has 0 fully saturated rings. The van der Waals surface area contributed by atoms with E-state index in [9.17, 15) is 4.79 Å². The maximum absolute atomic E-state index is 11.7. The lowest BCUT2D eigenvalue weighted by Gasteiger charge is -2.23. The second-order valence-electron chi connectivity index (χ2n) is 4.62. The predicted octanol–water partition coefficient (Wildman–Crippen LogP) is 1.03. The van der Waals surface area contributed by atoms with E-state index < -0.39 is 6.04 Å². The fourth-order valence-electron chi connectivity index (χ4n) is 1.56. The lowest BCUT2D eigenvalue weighted by Crippen LogP contribution is -2.47. The summed E-state index contributed by atoms with van der Waals surface area (Å²) < 4.78 is 0. The van der Waals surface area contributed by atoms with Gasteiger partial charge in [-0.1, -0.05) is 33.6 Å². The van der Waals surface area contributed by atoms with Crippen LogP contribution in [0.5, 0.6) is 0 Å². The molecule has 0 rings (SSSR count). The van der Waals surface area contributed by atoms with Crippen molar-refractivity contribution in [1.82, 2.24) is 5.32 Å². The molecule has 0 saturated heterocycles. The predicted molar refractivity (Wildman–Crippen MR) is 66.0 cm³/mol. The molecule has 16 heavy (non-hydrogen) atoms. The highest BCUT2D eigenvalue weighted by Crippen LogP contribution is 2.06. The second-order valence-corrected chi connectivity index (χ2v) is 4.62. The van der Waals surface area contributed by atoms with Crippen molar-refractivity contribution in [3.8, 4) is 0 Å². The van der Waals surface area contributed by atoms with Gasteiger partial charge in [-0.2, -0.15) is 0 Å². The first kappa shape index (κ1) is 15.4. The van der Waals surface area contributed by atoms with E-state index >= 15 is 0 Å². The van der Waals surface area contributed by atoms with Gasteiger partial charge in [0, 0.05) is 12.6 Å². The maximum Gasteiger partial charge on any atom is 0.237 e. The lowest BCUT2D eigenvalue weighted by molar-refractivity contribution is -0.123. The SMILES string of the molecule is CCCC[C@H](N)C(=O)NC(CCO)C(C)C. The van der Waals surface area contributed by atoms with Crippen molar-refractivity contribution in [2.45, 2.75) is 58.5 Å². The van der Waals surface area contributed by atoms with E-state index in [-0.39, 0.29) is 18.6 Å². The van der Waals surface area contributed by atoms with Gasteiger partial charge in [-0.3, -0.25) is 4.79 Å². The van der Waals surface area contributed by atoms with E-state index in [0.717, 1.165) is 19.3 Å². The van der Waals surface area contributed by atoms with Gasteiger partial charge < -0.3 is 16.2 Å². The summed E-state index contributed by atoms with van der Waals surface area (Å²) in [5.41, 5.74) is 5.77. The number of nitrogens with two attached hydrogens (primary N) is 1. The van der Waals surface area contributed by atoms with Crippen LogP contribution in [-0.4, -0.2) is 29.7 Å². The standard InChI is InChI=1S/C12H26N2O2/c1-4-5-6-10(13)12(16)14-11(7-8-15)9(2)3/h9-11,15H,4-8,13H2,1-3H3,(H,14,16)/t10-,11?/m0/s1. The first-order valence-electron chi connectivity index (χ1n) is 6.19. The van der Waals surface area contributed by atoms with Crippen LogP contribution in [0.15, 0.2) is 0 Å². The average molecular weight is 230 g/mol. The van der Waals surface area contributed by atoms with Crippen molar-refractivity contribution in [2.24, 2.45) is 11.7 Å². The quantitative estimate of drug-likeness (QED) is 0.583. The smallest absolute Gasteiger partial charge is 0.237 e. The van der Waals surface area contributed by atoms with Gasteiger partial charge in [-0.15, -0.1) is 0 Å². The molecule has 0 bridgehead atoms. The number of aliphatic hydroxyl groups excluding tert-OH is 1. The van der Waals surface area contributed by atoms with Crippen LogP contribution in [0.2, 0.25) is 0 Å². The minimum absolute atomic E-state index is 0.0187. The van der Waals surface area contributed by atoms with E-state index in [4.69, 9.17) is 10.8 Å².